The third kappa shape index (κ3) is 2.73. The van der Waals surface area contributed by atoms with Gasteiger partial charge in [-0.15, -0.1) is 0 Å². The van der Waals surface area contributed by atoms with Crippen LogP contribution in [0.3, 0.4) is 0 Å². The number of aromatic amines is 2. The molecule has 1 aromatic carbocycles. The Bertz CT molecular complexity index is 1100. The van der Waals surface area contributed by atoms with Gasteiger partial charge in [0.2, 0.25) is 0 Å². The van der Waals surface area contributed by atoms with E-state index in [9.17, 15) is 4.39 Å². The summed E-state index contributed by atoms with van der Waals surface area (Å²) in [5, 5.41) is 0.947. The quantitative estimate of drug-likeness (QED) is 0.582. The van der Waals surface area contributed by atoms with E-state index in [-0.39, 0.29) is 11.9 Å². The van der Waals surface area contributed by atoms with Gasteiger partial charge in [0.15, 0.2) is 0 Å². The van der Waals surface area contributed by atoms with Gasteiger partial charge in [0.25, 0.3) is 0 Å². The van der Waals surface area contributed by atoms with Crippen LogP contribution in [0.15, 0.2) is 49.1 Å². The first kappa shape index (κ1) is 16.2. The number of rotatable bonds is 3. The van der Waals surface area contributed by atoms with Crippen LogP contribution in [0.2, 0.25) is 0 Å². The number of nitrogens with zero attached hydrogens (tertiary/aromatic N) is 3. The molecule has 0 saturated heterocycles. The standard InChI is InChI=1S/C21H20FN5/c1-13-16-10-15(22)2-3-17(16)26-19(13)11-27-9-6-18-20(25-12-24-18)21(27)14-4-7-23-8-5-14/h2-5,7-8,10,12,21,26H,6,9,11H2,1H3,(H,24,25)/t21-/m0/s1. The number of pyridine rings is 1. The highest BCUT2D eigenvalue weighted by molar-refractivity contribution is 5.84. The number of benzene rings is 1. The Kier molecular flexibility index (Phi) is 3.79. The zero-order chi connectivity index (χ0) is 18.4. The lowest BCUT2D eigenvalue weighted by Crippen LogP contribution is -2.36. The lowest BCUT2D eigenvalue weighted by molar-refractivity contribution is 0.198. The van der Waals surface area contributed by atoms with Crippen molar-refractivity contribution >= 4 is 10.9 Å². The van der Waals surface area contributed by atoms with Crippen molar-refractivity contribution in [2.45, 2.75) is 25.9 Å². The molecule has 0 fully saturated rings. The van der Waals surface area contributed by atoms with Gasteiger partial charge in [0, 0.05) is 54.2 Å². The van der Waals surface area contributed by atoms with E-state index in [1.807, 2.05) is 18.5 Å². The molecule has 1 atom stereocenters. The van der Waals surface area contributed by atoms with Crippen molar-refractivity contribution < 1.29 is 4.39 Å². The van der Waals surface area contributed by atoms with Gasteiger partial charge in [-0.2, -0.15) is 0 Å². The molecular formula is C21H20FN5. The molecule has 0 unspecified atom stereocenters. The molecule has 27 heavy (non-hydrogen) atoms. The number of hydrogen-bond donors (Lipinski definition) is 2. The maximum absolute atomic E-state index is 13.7. The molecule has 0 aliphatic carbocycles. The zero-order valence-electron chi connectivity index (χ0n) is 15.0. The monoisotopic (exact) mass is 361 g/mol. The molecular weight excluding hydrogens is 341 g/mol. The van der Waals surface area contributed by atoms with Crippen molar-refractivity contribution in [2.24, 2.45) is 0 Å². The first-order valence-corrected chi connectivity index (χ1v) is 9.13. The Labute approximate surface area is 156 Å². The summed E-state index contributed by atoms with van der Waals surface area (Å²) < 4.78 is 13.7. The highest BCUT2D eigenvalue weighted by atomic mass is 19.1. The average Bonchev–Trinajstić information content (AvgIpc) is 3.28. The molecule has 5 rings (SSSR count). The molecule has 5 nitrogen and oxygen atoms in total. The summed E-state index contributed by atoms with van der Waals surface area (Å²) >= 11 is 0. The van der Waals surface area contributed by atoms with Crippen molar-refractivity contribution in [1.29, 1.82) is 0 Å². The van der Waals surface area contributed by atoms with E-state index in [0.717, 1.165) is 47.4 Å². The molecule has 4 aromatic rings. The highest BCUT2D eigenvalue weighted by Crippen LogP contribution is 2.35. The molecule has 1 aliphatic rings. The Morgan fingerprint density at radius 3 is 2.93 bits per heavy atom. The predicted molar refractivity (Wildman–Crippen MR) is 102 cm³/mol. The summed E-state index contributed by atoms with van der Waals surface area (Å²) in [7, 11) is 0. The summed E-state index contributed by atoms with van der Waals surface area (Å²) in [6, 6.07) is 9.09. The van der Waals surface area contributed by atoms with E-state index in [0.29, 0.717) is 0 Å². The third-order valence-corrected chi connectivity index (χ3v) is 5.53. The Morgan fingerprint density at radius 1 is 1.22 bits per heavy atom. The number of H-pyrrole nitrogens is 2. The fraction of sp³-hybridized carbons (Fsp3) is 0.238. The summed E-state index contributed by atoms with van der Waals surface area (Å²) in [5.41, 5.74) is 6.65. The molecule has 0 bridgehead atoms. The first-order chi connectivity index (χ1) is 13.2. The molecule has 6 heteroatoms. The average molecular weight is 361 g/mol. The van der Waals surface area contributed by atoms with Crippen molar-refractivity contribution in [3.8, 4) is 0 Å². The number of imidazole rings is 1. The summed E-state index contributed by atoms with van der Waals surface area (Å²) in [5.74, 6) is -0.204. The van der Waals surface area contributed by atoms with Gasteiger partial charge in [-0.25, -0.2) is 9.37 Å². The van der Waals surface area contributed by atoms with Gasteiger partial charge in [0.1, 0.15) is 5.82 Å². The van der Waals surface area contributed by atoms with Crippen LogP contribution in [0.5, 0.6) is 0 Å². The number of aryl methyl sites for hydroxylation is 1. The number of aromatic nitrogens is 4. The summed E-state index contributed by atoms with van der Waals surface area (Å²) in [4.78, 5) is 17.9. The molecule has 136 valence electrons. The van der Waals surface area contributed by atoms with E-state index >= 15 is 0 Å². The van der Waals surface area contributed by atoms with Crippen LogP contribution in [0, 0.1) is 12.7 Å². The zero-order valence-corrected chi connectivity index (χ0v) is 15.0. The molecule has 0 radical (unpaired) electrons. The predicted octanol–water partition coefficient (Wildman–Crippen LogP) is 3.88. The SMILES string of the molecule is Cc1c(CN2CCc3[nH]cnc3[C@@H]2c2ccncc2)[nH]c2ccc(F)cc12. The number of fused-ring (bicyclic) bond motifs is 2. The van der Waals surface area contributed by atoms with Crippen LogP contribution in [-0.2, 0) is 13.0 Å². The minimum atomic E-state index is -0.204. The topological polar surface area (TPSA) is 60.6 Å². The van der Waals surface area contributed by atoms with E-state index in [2.05, 4.69) is 43.9 Å². The van der Waals surface area contributed by atoms with Crippen LogP contribution < -0.4 is 0 Å². The minimum absolute atomic E-state index is 0.0746. The second-order valence-electron chi connectivity index (χ2n) is 7.09. The van der Waals surface area contributed by atoms with Gasteiger partial charge in [0.05, 0.1) is 18.1 Å². The molecule has 2 N–H and O–H groups in total. The maximum atomic E-state index is 13.7. The van der Waals surface area contributed by atoms with Crippen molar-refractivity contribution in [1.82, 2.24) is 24.8 Å². The lowest BCUT2D eigenvalue weighted by atomic mass is 9.96. The Balaban J connectivity index is 1.55. The largest absolute Gasteiger partial charge is 0.357 e. The lowest BCUT2D eigenvalue weighted by Gasteiger charge is -2.35. The van der Waals surface area contributed by atoms with Crippen LogP contribution in [0.25, 0.3) is 10.9 Å². The van der Waals surface area contributed by atoms with Crippen molar-refractivity contribution in [3.05, 3.63) is 83.1 Å². The highest BCUT2D eigenvalue weighted by Gasteiger charge is 2.31. The first-order valence-electron chi connectivity index (χ1n) is 9.13. The fourth-order valence-corrected chi connectivity index (χ4v) is 4.13. The fourth-order valence-electron chi connectivity index (χ4n) is 4.13. The molecule has 1 aliphatic heterocycles. The second-order valence-corrected chi connectivity index (χ2v) is 7.09. The molecule has 0 amide bonds. The molecule has 3 aromatic heterocycles. The number of nitrogens with one attached hydrogen (secondary N) is 2. The van der Waals surface area contributed by atoms with Gasteiger partial charge in [-0.05, 0) is 48.4 Å². The van der Waals surface area contributed by atoms with E-state index in [1.54, 1.807) is 12.4 Å². The number of halogens is 1. The van der Waals surface area contributed by atoms with Gasteiger partial charge in [-0.1, -0.05) is 0 Å². The van der Waals surface area contributed by atoms with Crippen molar-refractivity contribution in [3.63, 3.8) is 0 Å². The summed E-state index contributed by atoms with van der Waals surface area (Å²) in [6.07, 6.45) is 6.36. The second kappa shape index (κ2) is 6.32. The van der Waals surface area contributed by atoms with Gasteiger partial charge in [-0.3, -0.25) is 9.88 Å². The van der Waals surface area contributed by atoms with E-state index in [1.165, 1.54) is 17.3 Å². The molecule has 4 heterocycles. The third-order valence-electron chi connectivity index (χ3n) is 5.53. The normalized spacial score (nSPS) is 17.3. The smallest absolute Gasteiger partial charge is 0.123 e. The van der Waals surface area contributed by atoms with Gasteiger partial charge >= 0.3 is 0 Å². The van der Waals surface area contributed by atoms with E-state index < -0.39 is 0 Å². The van der Waals surface area contributed by atoms with E-state index in [4.69, 9.17) is 0 Å². The maximum Gasteiger partial charge on any atom is 0.123 e. The minimum Gasteiger partial charge on any atom is -0.357 e. The molecule has 0 saturated carbocycles. The Hall–Kier alpha value is -2.99. The van der Waals surface area contributed by atoms with Crippen LogP contribution >= 0.6 is 0 Å². The molecule has 0 spiro atoms. The number of hydrogen-bond acceptors (Lipinski definition) is 3. The van der Waals surface area contributed by atoms with Crippen LogP contribution in [-0.4, -0.2) is 31.4 Å². The Morgan fingerprint density at radius 2 is 2.07 bits per heavy atom. The van der Waals surface area contributed by atoms with Crippen molar-refractivity contribution in [2.75, 3.05) is 6.54 Å². The van der Waals surface area contributed by atoms with Crippen LogP contribution in [0.4, 0.5) is 4.39 Å². The van der Waals surface area contributed by atoms with Gasteiger partial charge < -0.3 is 9.97 Å². The van der Waals surface area contributed by atoms with Crippen LogP contribution in [0.1, 0.15) is 34.3 Å². The summed E-state index contributed by atoms with van der Waals surface area (Å²) in [6.45, 7) is 3.73.